The average molecular weight is 355 g/mol. The van der Waals surface area contributed by atoms with E-state index in [1.807, 2.05) is 17.5 Å². The Bertz CT molecular complexity index is 638. The van der Waals surface area contributed by atoms with Crippen LogP contribution in [0.2, 0.25) is 0 Å². The van der Waals surface area contributed by atoms with E-state index in [0.29, 0.717) is 17.8 Å². The summed E-state index contributed by atoms with van der Waals surface area (Å²) in [6, 6.07) is 6.41. The fraction of sp³-hybridized carbons (Fsp3) is 0.231. The first-order valence-corrected chi connectivity index (χ1v) is 7.71. The smallest absolute Gasteiger partial charge is 0.290 e. The number of furan rings is 1. The molecule has 2 aromatic heterocycles. The van der Waals surface area contributed by atoms with Gasteiger partial charge in [-0.3, -0.25) is 9.59 Å². The molecule has 1 saturated heterocycles. The Hall–Kier alpha value is -1.60. The number of amides is 2. The zero-order valence-corrected chi connectivity index (χ0v) is 12.7. The number of carbonyl (C=O) groups is 2. The molecule has 2 aromatic rings. The summed E-state index contributed by atoms with van der Waals surface area (Å²) in [4.78, 5) is 27.0. The number of hydrogen-bond donors (Lipinski definition) is 1. The summed E-state index contributed by atoms with van der Waals surface area (Å²) in [5.74, 6) is -0.199. The highest BCUT2D eigenvalue weighted by atomic mass is 79.9. The van der Waals surface area contributed by atoms with Crippen molar-refractivity contribution in [2.45, 2.75) is 6.04 Å². The molecule has 20 heavy (non-hydrogen) atoms. The minimum absolute atomic E-state index is 0.155. The first kappa shape index (κ1) is 13.4. The second kappa shape index (κ2) is 5.41. The maximum absolute atomic E-state index is 12.5. The van der Waals surface area contributed by atoms with Crippen molar-refractivity contribution in [2.75, 3.05) is 13.1 Å². The molecule has 1 atom stereocenters. The molecule has 5 nitrogen and oxygen atoms in total. The van der Waals surface area contributed by atoms with Crippen LogP contribution in [-0.2, 0) is 4.79 Å². The lowest BCUT2D eigenvalue weighted by molar-refractivity contribution is -0.128. The van der Waals surface area contributed by atoms with Crippen LogP contribution in [0.3, 0.4) is 0 Å². The Kier molecular flexibility index (Phi) is 3.62. The molecule has 1 N–H and O–H groups in total. The van der Waals surface area contributed by atoms with Crippen molar-refractivity contribution in [3.63, 3.8) is 0 Å². The second-order valence-electron chi connectivity index (χ2n) is 4.31. The Morgan fingerprint density at radius 1 is 1.45 bits per heavy atom. The van der Waals surface area contributed by atoms with Gasteiger partial charge >= 0.3 is 0 Å². The lowest BCUT2D eigenvalue weighted by Crippen LogP contribution is -2.51. The summed E-state index contributed by atoms with van der Waals surface area (Å²) >= 11 is 4.64. The molecule has 0 bridgehead atoms. The molecular weight excluding hydrogens is 344 g/mol. The molecule has 3 rings (SSSR count). The molecule has 0 saturated carbocycles. The fourth-order valence-corrected chi connectivity index (χ4v) is 3.33. The van der Waals surface area contributed by atoms with E-state index in [0.717, 1.165) is 4.88 Å². The van der Waals surface area contributed by atoms with Crippen molar-refractivity contribution < 1.29 is 14.0 Å². The summed E-state index contributed by atoms with van der Waals surface area (Å²) in [6.07, 6.45) is 0. The molecule has 1 aliphatic heterocycles. The van der Waals surface area contributed by atoms with Crippen molar-refractivity contribution in [1.82, 2.24) is 10.2 Å². The summed E-state index contributed by atoms with van der Waals surface area (Å²) in [5, 5.41) is 4.69. The third kappa shape index (κ3) is 2.38. The monoisotopic (exact) mass is 354 g/mol. The van der Waals surface area contributed by atoms with Gasteiger partial charge in [-0.2, -0.15) is 0 Å². The fourth-order valence-electron chi connectivity index (χ4n) is 2.19. The molecule has 0 aliphatic carbocycles. The van der Waals surface area contributed by atoms with Gasteiger partial charge < -0.3 is 14.6 Å². The molecule has 1 unspecified atom stereocenters. The van der Waals surface area contributed by atoms with Gasteiger partial charge in [0.05, 0.1) is 0 Å². The Balaban J connectivity index is 1.93. The van der Waals surface area contributed by atoms with Crippen molar-refractivity contribution in [3.05, 3.63) is 45.0 Å². The molecular formula is C13H11BrN2O3S. The quantitative estimate of drug-likeness (QED) is 0.900. The standard InChI is InChI=1S/C13H11BrN2O3S/c14-10-4-3-8(19-10)13(18)16-6-5-15-12(17)11(16)9-2-1-7-20-9/h1-4,7,11H,5-6H2,(H,15,17). The normalized spacial score (nSPS) is 18.9. The van der Waals surface area contributed by atoms with Crippen LogP contribution in [0.25, 0.3) is 0 Å². The zero-order chi connectivity index (χ0) is 14.1. The van der Waals surface area contributed by atoms with Crippen LogP contribution in [0.1, 0.15) is 21.5 Å². The van der Waals surface area contributed by atoms with Crippen LogP contribution in [0, 0.1) is 0 Å². The minimum atomic E-state index is -0.583. The predicted molar refractivity (Wildman–Crippen MR) is 77.5 cm³/mol. The maximum Gasteiger partial charge on any atom is 0.290 e. The van der Waals surface area contributed by atoms with E-state index in [2.05, 4.69) is 21.2 Å². The van der Waals surface area contributed by atoms with Crippen molar-refractivity contribution in [2.24, 2.45) is 0 Å². The number of rotatable bonds is 2. The van der Waals surface area contributed by atoms with E-state index in [1.165, 1.54) is 11.3 Å². The first-order chi connectivity index (χ1) is 9.66. The number of piperazine rings is 1. The number of nitrogens with zero attached hydrogens (tertiary/aromatic N) is 1. The van der Waals surface area contributed by atoms with Crippen LogP contribution >= 0.6 is 27.3 Å². The van der Waals surface area contributed by atoms with Crippen LogP contribution in [0.5, 0.6) is 0 Å². The van der Waals surface area contributed by atoms with E-state index in [1.54, 1.807) is 17.0 Å². The number of hydrogen-bond acceptors (Lipinski definition) is 4. The summed E-state index contributed by atoms with van der Waals surface area (Å²) in [7, 11) is 0. The van der Waals surface area contributed by atoms with Crippen LogP contribution in [0.4, 0.5) is 0 Å². The molecule has 7 heteroatoms. The molecule has 2 amide bonds. The van der Waals surface area contributed by atoms with Crippen molar-refractivity contribution >= 4 is 39.1 Å². The van der Waals surface area contributed by atoms with Gasteiger partial charge in [-0.05, 0) is 39.5 Å². The number of carbonyl (C=O) groups excluding carboxylic acids is 2. The predicted octanol–water partition coefficient (Wildman–Crippen LogP) is 2.42. The van der Waals surface area contributed by atoms with Crippen LogP contribution in [-0.4, -0.2) is 29.8 Å². The van der Waals surface area contributed by atoms with Crippen LogP contribution in [0.15, 0.2) is 38.7 Å². The molecule has 1 fully saturated rings. The van der Waals surface area contributed by atoms with Gasteiger partial charge in [-0.25, -0.2) is 0 Å². The number of halogens is 1. The Labute approximate surface area is 127 Å². The lowest BCUT2D eigenvalue weighted by atomic mass is 10.1. The molecule has 1 aliphatic rings. The van der Waals surface area contributed by atoms with Gasteiger partial charge in [0, 0.05) is 18.0 Å². The third-order valence-electron chi connectivity index (χ3n) is 3.07. The van der Waals surface area contributed by atoms with Gasteiger partial charge in [-0.1, -0.05) is 6.07 Å². The molecule has 0 spiro atoms. The summed E-state index contributed by atoms with van der Waals surface area (Å²) in [5.41, 5.74) is 0. The topological polar surface area (TPSA) is 62.6 Å². The van der Waals surface area contributed by atoms with Crippen molar-refractivity contribution in [3.8, 4) is 0 Å². The van der Waals surface area contributed by atoms with E-state index in [4.69, 9.17) is 4.42 Å². The Morgan fingerprint density at radius 2 is 2.30 bits per heavy atom. The molecule has 0 aromatic carbocycles. The molecule has 3 heterocycles. The minimum Gasteiger partial charge on any atom is -0.444 e. The first-order valence-electron chi connectivity index (χ1n) is 6.04. The van der Waals surface area contributed by atoms with Gasteiger partial charge in [0.15, 0.2) is 10.4 Å². The Morgan fingerprint density at radius 3 is 2.95 bits per heavy atom. The van der Waals surface area contributed by atoms with E-state index >= 15 is 0 Å². The second-order valence-corrected chi connectivity index (χ2v) is 6.07. The van der Waals surface area contributed by atoms with Gasteiger partial charge in [-0.15, -0.1) is 11.3 Å². The lowest BCUT2D eigenvalue weighted by Gasteiger charge is -2.33. The molecule has 104 valence electrons. The maximum atomic E-state index is 12.5. The number of nitrogens with one attached hydrogen (secondary N) is 1. The molecule has 0 radical (unpaired) electrons. The number of thiophene rings is 1. The third-order valence-corrected chi connectivity index (χ3v) is 4.42. The van der Waals surface area contributed by atoms with E-state index in [9.17, 15) is 9.59 Å². The summed E-state index contributed by atoms with van der Waals surface area (Å²) < 4.78 is 5.79. The highest BCUT2D eigenvalue weighted by molar-refractivity contribution is 9.10. The van der Waals surface area contributed by atoms with Crippen molar-refractivity contribution in [1.29, 1.82) is 0 Å². The van der Waals surface area contributed by atoms with Crippen LogP contribution < -0.4 is 5.32 Å². The van der Waals surface area contributed by atoms with Gasteiger partial charge in [0.2, 0.25) is 5.91 Å². The SMILES string of the molecule is O=C1NCCN(C(=O)c2ccc(Br)o2)C1c1cccs1. The van der Waals surface area contributed by atoms with Gasteiger partial charge in [0.25, 0.3) is 5.91 Å². The van der Waals surface area contributed by atoms with E-state index < -0.39 is 6.04 Å². The average Bonchev–Trinajstić information content (AvgIpc) is 3.09. The highest BCUT2D eigenvalue weighted by Crippen LogP contribution is 2.29. The van der Waals surface area contributed by atoms with E-state index in [-0.39, 0.29) is 17.6 Å². The highest BCUT2D eigenvalue weighted by Gasteiger charge is 2.36. The van der Waals surface area contributed by atoms with Gasteiger partial charge in [0.1, 0.15) is 6.04 Å². The zero-order valence-electron chi connectivity index (χ0n) is 10.3. The summed E-state index contributed by atoms with van der Waals surface area (Å²) in [6.45, 7) is 0.916. The largest absolute Gasteiger partial charge is 0.444 e.